The van der Waals surface area contributed by atoms with Crippen LogP contribution in [0.5, 0.6) is 17.2 Å². The van der Waals surface area contributed by atoms with Gasteiger partial charge < -0.3 is 25.4 Å². The van der Waals surface area contributed by atoms with Crippen LogP contribution in [-0.4, -0.2) is 28.0 Å². The summed E-state index contributed by atoms with van der Waals surface area (Å²) in [6.07, 6.45) is -0.605. The Hall–Kier alpha value is -2.11. The number of alkyl carbamates (subject to hydrolysis) is 1. The third-order valence-electron chi connectivity index (χ3n) is 2.14. The van der Waals surface area contributed by atoms with Crippen molar-refractivity contribution in [2.24, 2.45) is 0 Å². The first-order valence-electron chi connectivity index (χ1n) is 4.26. The fourth-order valence-electron chi connectivity index (χ4n) is 1.51. The van der Waals surface area contributed by atoms with Gasteiger partial charge in [0, 0.05) is 12.1 Å². The third kappa shape index (κ3) is 1.61. The first-order chi connectivity index (χ1) is 7.08. The fourth-order valence-corrected chi connectivity index (χ4v) is 1.51. The molecule has 1 aliphatic heterocycles. The molecule has 1 saturated heterocycles. The van der Waals surface area contributed by atoms with Gasteiger partial charge >= 0.3 is 6.09 Å². The SMILES string of the molecule is O=C1N[C@H](c2c(O)cc(O)cc2O)CO1. The summed E-state index contributed by atoms with van der Waals surface area (Å²) in [5, 5.41) is 30.5. The van der Waals surface area contributed by atoms with Crippen LogP contribution in [0, 0.1) is 0 Å². The number of nitrogens with one attached hydrogen (secondary N) is 1. The van der Waals surface area contributed by atoms with Crippen LogP contribution in [0.3, 0.4) is 0 Å². The summed E-state index contributed by atoms with van der Waals surface area (Å²) in [4.78, 5) is 10.8. The molecule has 1 fully saturated rings. The van der Waals surface area contributed by atoms with Crippen LogP contribution in [0.4, 0.5) is 4.79 Å². The number of benzene rings is 1. The van der Waals surface area contributed by atoms with E-state index in [4.69, 9.17) is 5.11 Å². The second kappa shape index (κ2) is 3.23. The van der Waals surface area contributed by atoms with E-state index in [1.165, 1.54) is 0 Å². The summed E-state index contributed by atoms with van der Waals surface area (Å²) in [7, 11) is 0. The molecule has 1 aromatic rings. The van der Waals surface area contributed by atoms with E-state index in [0.29, 0.717) is 0 Å². The van der Waals surface area contributed by atoms with Crippen LogP contribution in [-0.2, 0) is 4.74 Å². The first kappa shape index (κ1) is 9.45. The average molecular weight is 211 g/mol. The number of hydrogen-bond donors (Lipinski definition) is 4. The van der Waals surface area contributed by atoms with Crippen molar-refractivity contribution in [3.05, 3.63) is 17.7 Å². The van der Waals surface area contributed by atoms with E-state index in [-0.39, 0.29) is 29.4 Å². The number of rotatable bonds is 1. The van der Waals surface area contributed by atoms with Crippen molar-refractivity contribution in [2.75, 3.05) is 6.61 Å². The summed E-state index contributed by atoms with van der Waals surface area (Å²) < 4.78 is 4.63. The van der Waals surface area contributed by atoms with Gasteiger partial charge in [-0.15, -0.1) is 0 Å². The van der Waals surface area contributed by atoms with E-state index >= 15 is 0 Å². The van der Waals surface area contributed by atoms with Crippen LogP contribution in [0.25, 0.3) is 0 Å². The number of aromatic hydroxyl groups is 3. The Morgan fingerprint density at radius 1 is 1.27 bits per heavy atom. The number of cyclic esters (lactones) is 1. The monoisotopic (exact) mass is 211 g/mol. The quantitative estimate of drug-likeness (QED) is 0.544. The van der Waals surface area contributed by atoms with Crippen molar-refractivity contribution >= 4 is 6.09 Å². The summed E-state index contributed by atoms with van der Waals surface area (Å²) in [6.45, 7) is 0.0325. The van der Waals surface area contributed by atoms with E-state index in [1.54, 1.807) is 0 Å². The maximum atomic E-state index is 10.8. The van der Waals surface area contributed by atoms with Crippen molar-refractivity contribution in [2.45, 2.75) is 6.04 Å². The highest BCUT2D eigenvalue weighted by molar-refractivity contribution is 5.71. The van der Waals surface area contributed by atoms with Crippen LogP contribution < -0.4 is 5.32 Å². The predicted molar refractivity (Wildman–Crippen MR) is 48.7 cm³/mol. The van der Waals surface area contributed by atoms with Crippen molar-refractivity contribution in [1.29, 1.82) is 0 Å². The summed E-state index contributed by atoms with van der Waals surface area (Å²) in [5.74, 6) is -0.828. The van der Waals surface area contributed by atoms with E-state index in [9.17, 15) is 15.0 Å². The smallest absolute Gasteiger partial charge is 0.407 e. The lowest BCUT2D eigenvalue weighted by Crippen LogP contribution is -2.18. The Kier molecular flexibility index (Phi) is 2.03. The maximum absolute atomic E-state index is 10.8. The van der Waals surface area contributed by atoms with Crippen molar-refractivity contribution in [3.8, 4) is 17.2 Å². The molecule has 2 rings (SSSR count). The molecule has 80 valence electrons. The van der Waals surface area contributed by atoms with E-state index in [1.807, 2.05) is 0 Å². The molecule has 4 N–H and O–H groups in total. The van der Waals surface area contributed by atoms with Crippen molar-refractivity contribution in [1.82, 2.24) is 5.32 Å². The molecule has 0 spiro atoms. The van der Waals surface area contributed by atoms with Crippen molar-refractivity contribution in [3.63, 3.8) is 0 Å². The molecule has 1 aromatic carbocycles. The minimum atomic E-state index is -0.605. The fraction of sp³-hybridized carbons (Fsp3) is 0.222. The molecule has 1 amide bonds. The van der Waals surface area contributed by atoms with Gasteiger partial charge in [0.05, 0.1) is 11.6 Å². The minimum Gasteiger partial charge on any atom is -0.508 e. The van der Waals surface area contributed by atoms with E-state index in [0.717, 1.165) is 12.1 Å². The first-order valence-corrected chi connectivity index (χ1v) is 4.26. The molecule has 0 saturated carbocycles. The summed E-state index contributed by atoms with van der Waals surface area (Å²) in [6, 6.07) is 1.57. The molecule has 1 atom stereocenters. The molecule has 1 heterocycles. The Balaban J connectivity index is 2.39. The van der Waals surface area contributed by atoms with E-state index in [2.05, 4.69) is 10.1 Å². The Labute approximate surface area is 84.7 Å². The topological polar surface area (TPSA) is 99.0 Å². The Bertz CT molecular complexity index is 394. The number of ether oxygens (including phenoxy) is 1. The Morgan fingerprint density at radius 2 is 1.87 bits per heavy atom. The van der Waals surface area contributed by atoms with Gasteiger partial charge in [-0.2, -0.15) is 0 Å². The molecule has 1 aliphatic rings. The van der Waals surface area contributed by atoms with Gasteiger partial charge in [-0.25, -0.2) is 4.79 Å². The summed E-state index contributed by atoms with van der Waals surface area (Å²) in [5.41, 5.74) is 0.138. The molecular formula is C9H9NO5. The van der Waals surface area contributed by atoms with Crippen LogP contribution in [0.1, 0.15) is 11.6 Å². The van der Waals surface area contributed by atoms with Gasteiger partial charge in [-0.05, 0) is 0 Å². The molecular weight excluding hydrogens is 202 g/mol. The van der Waals surface area contributed by atoms with Gasteiger partial charge in [0.1, 0.15) is 23.9 Å². The van der Waals surface area contributed by atoms with Crippen molar-refractivity contribution < 1.29 is 24.9 Å². The number of carbonyl (C=O) groups excluding carboxylic acids is 1. The highest BCUT2D eigenvalue weighted by atomic mass is 16.6. The van der Waals surface area contributed by atoms with Crippen LogP contribution in [0.15, 0.2) is 12.1 Å². The third-order valence-corrected chi connectivity index (χ3v) is 2.14. The Morgan fingerprint density at radius 3 is 2.33 bits per heavy atom. The van der Waals surface area contributed by atoms with E-state index < -0.39 is 12.1 Å². The lowest BCUT2D eigenvalue weighted by Gasteiger charge is -2.12. The molecule has 0 bridgehead atoms. The van der Waals surface area contributed by atoms with Gasteiger partial charge in [-0.3, -0.25) is 0 Å². The van der Waals surface area contributed by atoms with Gasteiger partial charge in [0.15, 0.2) is 0 Å². The molecule has 6 nitrogen and oxygen atoms in total. The minimum absolute atomic E-state index is 0.0325. The molecule has 0 radical (unpaired) electrons. The zero-order valence-electron chi connectivity index (χ0n) is 7.60. The zero-order valence-corrected chi connectivity index (χ0v) is 7.60. The second-order valence-electron chi connectivity index (χ2n) is 3.19. The number of hydrogen-bond acceptors (Lipinski definition) is 5. The largest absolute Gasteiger partial charge is 0.508 e. The zero-order chi connectivity index (χ0) is 11.0. The second-order valence-corrected chi connectivity index (χ2v) is 3.19. The standard InChI is InChI=1S/C9H9NO5/c11-4-1-6(12)8(7(13)2-4)5-3-15-9(14)10-5/h1-2,5,11-13H,3H2,(H,10,14)/t5-/m0/s1. The van der Waals surface area contributed by atoms with Crippen LogP contribution in [0.2, 0.25) is 0 Å². The predicted octanol–water partition coefficient (Wildman–Crippen LogP) is 0.584. The molecule has 0 aromatic heterocycles. The normalized spacial score (nSPS) is 19.7. The summed E-state index contributed by atoms with van der Waals surface area (Å²) >= 11 is 0. The van der Waals surface area contributed by atoms with Gasteiger partial charge in [0.25, 0.3) is 0 Å². The lowest BCUT2D eigenvalue weighted by molar-refractivity contribution is 0.176. The molecule has 0 aliphatic carbocycles. The molecule has 6 heteroatoms. The molecule has 15 heavy (non-hydrogen) atoms. The molecule has 0 unspecified atom stereocenters. The van der Waals surface area contributed by atoms with Gasteiger partial charge in [-0.1, -0.05) is 0 Å². The number of amides is 1. The highest BCUT2D eigenvalue weighted by Gasteiger charge is 2.28. The number of phenols is 3. The number of carbonyl (C=O) groups is 1. The number of phenolic OH excluding ortho intramolecular Hbond substituents is 3. The average Bonchev–Trinajstić information content (AvgIpc) is 2.49. The lowest BCUT2D eigenvalue weighted by atomic mass is 10.1. The maximum Gasteiger partial charge on any atom is 0.407 e. The van der Waals surface area contributed by atoms with Gasteiger partial charge in [0.2, 0.25) is 0 Å². The van der Waals surface area contributed by atoms with Crippen LogP contribution >= 0.6 is 0 Å². The highest BCUT2D eigenvalue weighted by Crippen LogP contribution is 2.37.